The van der Waals surface area contributed by atoms with Crippen molar-refractivity contribution in [3.8, 4) is 5.75 Å². The lowest BCUT2D eigenvalue weighted by molar-refractivity contribution is -0.119. The Kier molecular flexibility index (Phi) is 7.15. The summed E-state index contributed by atoms with van der Waals surface area (Å²) in [5.41, 5.74) is 0.806. The zero-order valence-corrected chi connectivity index (χ0v) is 18.8. The SMILES string of the molecule is COc1ccc(C(=O)N2CCCCCC2)cc1NC(=O)CC1(n2cccc2)CCOCC1. The van der Waals surface area contributed by atoms with Gasteiger partial charge in [0.25, 0.3) is 5.91 Å². The first kappa shape index (κ1) is 22.4. The molecule has 0 bridgehead atoms. The van der Waals surface area contributed by atoms with E-state index in [9.17, 15) is 9.59 Å². The van der Waals surface area contributed by atoms with Gasteiger partial charge < -0.3 is 24.3 Å². The molecule has 2 aromatic rings. The van der Waals surface area contributed by atoms with Gasteiger partial charge in [-0.05, 0) is 56.0 Å². The number of nitrogens with zero attached hydrogens (tertiary/aromatic N) is 2. The number of rotatable bonds is 6. The molecule has 4 rings (SSSR count). The second kappa shape index (κ2) is 10.2. The molecule has 1 N–H and O–H groups in total. The molecular formula is C25H33N3O4. The van der Waals surface area contributed by atoms with Crippen LogP contribution < -0.4 is 10.1 Å². The quantitative estimate of drug-likeness (QED) is 0.737. The van der Waals surface area contributed by atoms with Crippen LogP contribution in [0.25, 0.3) is 0 Å². The van der Waals surface area contributed by atoms with Crippen molar-refractivity contribution in [2.75, 3.05) is 38.7 Å². The first-order chi connectivity index (χ1) is 15.6. The third-order valence-electron chi connectivity index (χ3n) is 6.68. The van der Waals surface area contributed by atoms with Crippen molar-refractivity contribution in [2.45, 2.75) is 50.5 Å². The second-order valence-corrected chi connectivity index (χ2v) is 8.77. The van der Waals surface area contributed by atoms with Gasteiger partial charge in [0.15, 0.2) is 0 Å². The molecule has 1 aromatic carbocycles. The molecule has 0 atom stereocenters. The Morgan fingerprint density at radius 2 is 1.75 bits per heavy atom. The topological polar surface area (TPSA) is 72.8 Å². The average Bonchev–Trinajstić information content (AvgIpc) is 3.23. The molecule has 2 amide bonds. The van der Waals surface area contributed by atoms with Crippen molar-refractivity contribution in [1.29, 1.82) is 0 Å². The van der Waals surface area contributed by atoms with Crippen LogP contribution in [0.3, 0.4) is 0 Å². The van der Waals surface area contributed by atoms with Crippen LogP contribution in [-0.4, -0.2) is 54.7 Å². The molecule has 2 aliphatic heterocycles. The van der Waals surface area contributed by atoms with Gasteiger partial charge in [0.2, 0.25) is 5.91 Å². The molecule has 3 heterocycles. The number of carbonyl (C=O) groups excluding carboxylic acids is 2. The fourth-order valence-electron chi connectivity index (χ4n) is 4.82. The first-order valence-corrected chi connectivity index (χ1v) is 11.6. The number of hydrogen-bond donors (Lipinski definition) is 1. The highest BCUT2D eigenvalue weighted by atomic mass is 16.5. The number of carbonyl (C=O) groups is 2. The van der Waals surface area contributed by atoms with E-state index in [2.05, 4.69) is 9.88 Å². The van der Waals surface area contributed by atoms with Gasteiger partial charge in [-0.3, -0.25) is 9.59 Å². The standard InChI is InChI=1S/C25H33N3O4/c1-31-22-9-8-20(24(30)27-12-4-2-3-5-13-27)18-21(22)26-23(29)19-25(10-16-32-17-11-25)28-14-6-7-15-28/h6-9,14-15,18H,2-5,10-13,16-17,19H2,1H3,(H,26,29). The summed E-state index contributed by atoms with van der Waals surface area (Å²) in [7, 11) is 1.57. The highest BCUT2D eigenvalue weighted by Crippen LogP contribution is 2.34. The summed E-state index contributed by atoms with van der Waals surface area (Å²) >= 11 is 0. The zero-order valence-electron chi connectivity index (χ0n) is 18.8. The predicted molar refractivity (Wildman–Crippen MR) is 123 cm³/mol. The lowest BCUT2D eigenvalue weighted by atomic mass is 9.86. The molecule has 0 unspecified atom stereocenters. The maximum atomic E-state index is 13.2. The molecule has 7 nitrogen and oxygen atoms in total. The monoisotopic (exact) mass is 439 g/mol. The summed E-state index contributed by atoms with van der Waals surface area (Å²) in [6.45, 7) is 2.84. The Balaban J connectivity index is 1.51. The van der Waals surface area contributed by atoms with Gasteiger partial charge in [-0.25, -0.2) is 0 Å². The number of benzene rings is 1. The number of ether oxygens (including phenoxy) is 2. The largest absolute Gasteiger partial charge is 0.495 e. The summed E-state index contributed by atoms with van der Waals surface area (Å²) in [6.07, 6.45) is 10.3. The minimum atomic E-state index is -0.307. The van der Waals surface area contributed by atoms with E-state index in [1.807, 2.05) is 29.4 Å². The van der Waals surface area contributed by atoms with Crippen molar-refractivity contribution in [2.24, 2.45) is 0 Å². The van der Waals surface area contributed by atoms with Gasteiger partial charge in [-0.2, -0.15) is 0 Å². The van der Waals surface area contributed by atoms with Crippen LogP contribution >= 0.6 is 0 Å². The van der Waals surface area contributed by atoms with Crippen molar-refractivity contribution < 1.29 is 19.1 Å². The Hall–Kier alpha value is -2.80. The third-order valence-corrected chi connectivity index (χ3v) is 6.68. The van der Waals surface area contributed by atoms with E-state index in [-0.39, 0.29) is 17.4 Å². The first-order valence-electron chi connectivity index (χ1n) is 11.6. The maximum absolute atomic E-state index is 13.2. The molecule has 0 radical (unpaired) electrons. The van der Waals surface area contributed by atoms with Crippen LogP contribution in [0.1, 0.15) is 55.3 Å². The van der Waals surface area contributed by atoms with Crippen molar-refractivity contribution >= 4 is 17.5 Å². The highest BCUT2D eigenvalue weighted by molar-refractivity contribution is 5.98. The van der Waals surface area contributed by atoms with Gasteiger partial charge in [-0.15, -0.1) is 0 Å². The molecule has 0 aliphatic carbocycles. The minimum Gasteiger partial charge on any atom is -0.495 e. The third kappa shape index (κ3) is 4.99. The average molecular weight is 440 g/mol. The summed E-state index contributed by atoms with van der Waals surface area (Å²) in [4.78, 5) is 28.2. The number of nitrogens with one attached hydrogen (secondary N) is 1. The summed E-state index contributed by atoms with van der Waals surface area (Å²) < 4.78 is 13.2. The van der Waals surface area contributed by atoms with Gasteiger partial charge in [0.05, 0.1) is 24.8 Å². The Bertz CT molecular complexity index is 911. The van der Waals surface area contributed by atoms with E-state index >= 15 is 0 Å². The molecular weight excluding hydrogens is 406 g/mol. The van der Waals surface area contributed by atoms with Gasteiger partial charge in [0.1, 0.15) is 5.75 Å². The fraction of sp³-hybridized carbons (Fsp3) is 0.520. The molecule has 0 spiro atoms. The maximum Gasteiger partial charge on any atom is 0.253 e. The van der Waals surface area contributed by atoms with Crippen molar-refractivity contribution in [3.63, 3.8) is 0 Å². The number of aromatic nitrogens is 1. The molecule has 2 fully saturated rings. The summed E-state index contributed by atoms with van der Waals surface area (Å²) in [6, 6.07) is 9.25. The van der Waals surface area contributed by atoms with Crippen LogP contribution in [0.15, 0.2) is 42.7 Å². The van der Waals surface area contributed by atoms with Crippen molar-refractivity contribution in [3.05, 3.63) is 48.3 Å². The summed E-state index contributed by atoms with van der Waals surface area (Å²) in [5.74, 6) is 0.462. The molecule has 1 aromatic heterocycles. The molecule has 2 saturated heterocycles. The van der Waals surface area contributed by atoms with Gasteiger partial charge in [-0.1, -0.05) is 12.8 Å². The van der Waals surface area contributed by atoms with E-state index in [1.165, 1.54) is 12.8 Å². The Morgan fingerprint density at radius 1 is 1.06 bits per heavy atom. The van der Waals surface area contributed by atoms with Crippen LogP contribution in [-0.2, 0) is 15.1 Å². The number of hydrogen-bond acceptors (Lipinski definition) is 4. The number of anilines is 1. The van der Waals surface area contributed by atoms with E-state index in [1.54, 1.807) is 25.3 Å². The van der Waals surface area contributed by atoms with Gasteiger partial charge in [0, 0.05) is 44.3 Å². The number of likely N-dealkylation sites (tertiary alicyclic amines) is 1. The number of amides is 2. The predicted octanol–water partition coefficient (Wildman–Crippen LogP) is 4.05. The molecule has 2 aliphatic rings. The lowest BCUT2D eigenvalue weighted by Crippen LogP contribution is -2.42. The van der Waals surface area contributed by atoms with E-state index in [0.29, 0.717) is 36.6 Å². The summed E-state index contributed by atoms with van der Waals surface area (Å²) in [5, 5.41) is 3.02. The minimum absolute atomic E-state index is 0.0123. The van der Waals surface area contributed by atoms with Gasteiger partial charge >= 0.3 is 0 Å². The molecule has 32 heavy (non-hydrogen) atoms. The van der Waals surface area contributed by atoms with Crippen LogP contribution in [0.2, 0.25) is 0 Å². The fourth-order valence-corrected chi connectivity index (χ4v) is 4.82. The normalized spacial score (nSPS) is 18.6. The zero-order chi connectivity index (χ0) is 22.4. The Labute approximate surface area is 189 Å². The van der Waals surface area contributed by atoms with E-state index < -0.39 is 0 Å². The Morgan fingerprint density at radius 3 is 2.41 bits per heavy atom. The van der Waals surface area contributed by atoms with Crippen LogP contribution in [0, 0.1) is 0 Å². The van der Waals surface area contributed by atoms with Crippen LogP contribution in [0.4, 0.5) is 5.69 Å². The molecule has 7 heteroatoms. The highest BCUT2D eigenvalue weighted by Gasteiger charge is 2.36. The smallest absolute Gasteiger partial charge is 0.253 e. The lowest BCUT2D eigenvalue weighted by Gasteiger charge is -2.38. The van der Waals surface area contributed by atoms with Crippen molar-refractivity contribution in [1.82, 2.24) is 9.47 Å². The van der Waals surface area contributed by atoms with E-state index in [0.717, 1.165) is 38.8 Å². The van der Waals surface area contributed by atoms with Crippen LogP contribution in [0.5, 0.6) is 5.75 Å². The number of methoxy groups -OCH3 is 1. The second-order valence-electron chi connectivity index (χ2n) is 8.77. The molecule has 0 saturated carbocycles. The molecule has 172 valence electrons. The van der Waals surface area contributed by atoms with E-state index in [4.69, 9.17) is 9.47 Å².